The third-order valence-electron chi connectivity index (χ3n) is 13.8. The molecule has 56 heavy (non-hydrogen) atoms. The fourth-order valence-electron chi connectivity index (χ4n) is 9.92. The summed E-state index contributed by atoms with van der Waals surface area (Å²) >= 11 is 0. The maximum Gasteiger partial charge on any atom is 0.229 e. The van der Waals surface area contributed by atoms with Gasteiger partial charge in [0, 0.05) is 33.9 Å². The number of allylic oxidation sites excluding steroid dienone is 2. The molecule has 3 heteroatoms. The molecule has 9 rings (SSSR count). The van der Waals surface area contributed by atoms with Gasteiger partial charge in [0.05, 0.1) is 11.4 Å². The Labute approximate surface area is 336 Å². The summed E-state index contributed by atoms with van der Waals surface area (Å²) in [5.74, 6) is 0. The average Bonchev–Trinajstić information content (AvgIpc) is 3.18. The van der Waals surface area contributed by atoms with E-state index in [0.717, 1.165) is 12.8 Å². The second kappa shape index (κ2) is 12.9. The lowest BCUT2D eigenvalue weighted by molar-refractivity contribution is 0.136. The molecule has 280 valence electrons. The van der Waals surface area contributed by atoms with E-state index in [1.807, 2.05) is 0 Å². The zero-order valence-electron chi connectivity index (χ0n) is 34.7. The zero-order valence-corrected chi connectivity index (χ0v) is 34.7. The van der Waals surface area contributed by atoms with Gasteiger partial charge >= 0.3 is 0 Å². The van der Waals surface area contributed by atoms with Crippen LogP contribution in [0.25, 0.3) is 22.3 Å². The maximum absolute atomic E-state index is 2.71. The Morgan fingerprint density at radius 1 is 0.536 bits per heavy atom. The predicted octanol–water partition coefficient (Wildman–Crippen LogP) is 13.7. The number of anilines is 5. The minimum Gasteiger partial charge on any atom is -0.314 e. The summed E-state index contributed by atoms with van der Waals surface area (Å²) in [5, 5.41) is -0.172. The van der Waals surface area contributed by atoms with E-state index >= 15 is 0 Å². The molecule has 0 saturated heterocycles. The van der Waals surface area contributed by atoms with Gasteiger partial charge in [0.15, 0.2) is 0 Å². The van der Waals surface area contributed by atoms with E-state index in [1.165, 1.54) is 78.4 Å². The highest BCUT2D eigenvalue weighted by Gasteiger charge is 2.58. The van der Waals surface area contributed by atoms with Crippen LogP contribution in [-0.2, 0) is 5.41 Å². The first-order valence-corrected chi connectivity index (χ1v) is 20.6. The van der Waals surface area contributed by atoms with Gasteiger partial charge in [0.1, 0.15) is 0 Å². The van der Waals surface area contributed by atoms with Crippen LogP contribution in [0.5, 0.6) is 0 Å². The number of benzene rings is 6. The molecule has 6 aromatic rings. The van der Waals surface area contributed by atoms with Crippen molar-refractivity contribution < 1.29 is 0 Å². The lowest BCUT2D eigenvalue weighted by atomic mass is 9.22. The van der Waals surface area contributed by atoms with Crippen molar-refractivity contribution >= 4 is 46.1 Å². The molecular weight excluding hydrogens is 675 g/mol. The molecule has 0 aromatic heterocycles. The van der Waals surface area contributed by atoms with Crippen LogP contribution in [0.2, 0.25) is 5.31 Å². The number of fused-ring (bicyclic) bond motifs is 4. The number of hydrogen-bond donors (Lipinski definition) is 0. The molecule has 3 aliphatic rings. The Morgan fingerprint density at radius 2 is 1.05 bits per heavy atom. The number of para-hydroxylation sites is 2. The third kappa shape index (κ3) is 5.60. The molecule has 0 amide bonds. The van der Waals surface area contributed by atoms with E-state index in [0.29, 0.717) is 0 Å². The summed E-state index contributed by atoms with van der Waals surface area (Å²) in [6.45, 7) is 21.9. The molecule has 2 aliphatic heterocycles. The number of aryl methyl sites for hydroxylation is 1. The number of rotatable bonds is 4. The summed E-state index contributed by atoms with van der Waals surface area (Å²) in [4.78, 5) is 5.32. The molecular formula is C53H55BN2. The van der Waals surface area contributed by atoms with Crippen molar-refractivity contribution in [3.05, 3.63) is 162 Å². The van der Waals surface area contributed by atoms with Crippen molar-refractivity contribution in [1.82, 2.24) is 0 Å². The molecule has 2 nitrogen and oxygen atoms in total. The quantitative estimate of drug-likeness (QED) is 0.167. The van der Waals surface area contributed by atoms with Crippen LogP contribution in [0, 0.1) is 17.8 Å². The molecule has 0 radical (unpaired) electrons. The molecule has 0 bridgehead atoms. The third-order valence-corrected chi connectivity index (χ3v) is 13.8. The normalized spacial score (nSPS) is 20.2. The van der Waals surface area contributed by atoms with Crippen LogP contribution >= 0.6 is 0 Å². The number of nitrogens with zero attached hydrogens (tertiary/aromatic N) is 2. The highest BCUT2D eigenvalue weighted by Crippen LogP contribution is 2.63. The van der Waals surface area contributed by atoms with Gasteiger partial charge in [-0.3, -0.25) is 0 Å². The molecule has 1 aliphatic carbocycles. The van der Waals surface area contributed by atoms with E-state index in [2.05, 4.69) is 218 Å². The van der Waals surface area contributed by atoms with Crippen LogP contribution < -0.4 is 20.7 Å². The topological polar surface area (TPSA) is 6.48 Å². The maximum atomic E-state index is 2.71. The standard InChI is InChI=1S/C53H55BN2/c1-36-32-46-49-47(33-36)56(44-27-19-17-25-41(44)38-22-14-11-15-23-38)48-35-52(8,51(5,6)7)30-31-53(48,9)54(49)42-29-28-39(50(2,3)4)34-45(42)55(46)43-26-18-16-24-40(43)37-20-12-10-13-21-37/h10-29,32-35H,30-31H2,1-9H3. The van der Waals surface area contributed by atoms with Gasteiger partial charge in [-0.25, -0.2) is 0 Å². The SMILES string of the molecule is Cc1cc2c3c(c1)N(c1ccccc1-c1ccccc1)c1cc(C(C)(C)C)ccc1B3C1(C)CCC(C)(C(C)(C)C)C=C1N2c1ccccc1-c1ccccc1. The van der Waals surface area contributed by atoms with Gasteiger partial charge in [-0.15, -0.1) is 0 Å². The number of hydrogen-bond acceptors (Lipinski definition) is 2. The van der Waals surface area contributed by atoms with Crippen molar-refractivity contribution in [2.75, 3.05) is 9.80 Å². The summed E-state index contributed by atoms with van der Waals surface area (Å²) in [6, 6.07) is 52.4. The fraction of sp³-hybridized carbons (Fsp3) is 0.283. The summed E-state index contributed by atoms with van der Waals surface area (Å²) in [7, 11) is 0. The van der Waals surface area contributed by atoms with E-state index in [1.54, 1.807) is 0 Å². The lowest BCUT2D eigenvalue weighted by Crippen LogP contribution is -2.63. The molecule has 2 unspecified atom stereocenters. The van der Waals surface area contributed by atoms with Gasteiger partial charge in [0.25, 0.3) is 0 Å². The van der Waals surface area contributed by atoms with Gasteiger partial charge in [-0.05, 0) is 105 Å². The highest BCUT2D eigenvalue weighted by molar-refractivity contribution is 6.92. The Bertz CT molecular complexity index is 2500. The van der Waals surface area contributed by atoms with Crippen LogP contribution in [0.4, 0.5) is 28.4 Å². The van der Waals surface area contributed by atoms with Gasteiger partial charge in [-0.2, -0.15) is 0 Å². The van der Waals surface area contributed by atoms with E-state index < -0.39 is 0 Å². The van der Waals surface area contributed by atoms with Crippen molar-refractivity contribution in [3.8, 4) is 22.3 Å². The zero-order chi connectivity index (χ0) is 39.2. The van der Waals surface area contributed by atoms with E-state index in [4.69, 9.17) is 0 Å². The molecule has 2 heterocycles. The highest BCUT2D eigenvalue weighted by atomic mass is 15.2. The smallest absolute Gasteiger partial charge is 0.229 e. The largest absolute Gasteiger partial charge is 0.314 e. The van der Waals surface area contributed by atoms with Gasteiger partial charge in [0.2, 0.25) is 6.71 Å². The first kappa shape index (κ1) is 36.4. The van der Waals surface area contributed by atoms with Gasteiger partial charge < -0.3 is 9.80 Å². The van der Waals surface area contributed by atoms with E-state index in [9.17, 15) is 0 Å². The summed E-state index contributed by atoms with van der Waals surface area (Å²) in [6.07, 6.45) is 4.94. The Morgan fingerprint density at radius 3 is 1.61 bits per heavy atom. The molecule has 6 aromatic carbocycles. The van der Waals surface area contributed by atoms with E-state index in [-0.39, 0.29) is 28.3 Å². The van der Waals surface area contributed by atoms with Crippen LogP contribution in [0.3, 0.4) is 0 Å². The van der Waals surface area contributed by atoms with Crippen LogP contribution in [0.1, 0.15) is 79.4 Å². The molecule has 0 saturated carbocycles. The minimum absolute atomic E-state index is 0.00344. The monoisotopic (exact) mass is 730 g/mol. The van der Waals surface area contributed by atoms with Crippen molar-refractivity contribution in [3.63, 3.8) is 0 Å². The van der Waals surface area contributed by atoms with Crippen LogP contribution in [-0.4, -0.2) is 6.71 Å². The Kier molecular flexibility index (Phi) is 8.37. The second-order valence-corrected chi connectivity index (χ2v) is 19.2. The molecule has 0 fully saturated rings. The second-order valence-electron chi connectivity index (χ2n) is 19.2. The predicted molar refractivity (Wildman–Crippen MR) is 242 cm³/mol. The van der Waals surface area contributed by atoms with Gasteiger partial charge in [-0.1, -0.05) is 171 Å². The minimum atomic E-state index is -0.172. The first-order chi connectivity index (χ1) is 26.7. The van der Waals surface area contributed by atoms with Crippen molar-refractivity contribution in [1.29, 1.82) is 0 Å². The van der Waals surface area contributed by atoms with Crippen molar-refractivity contribution in [2.24, 2.45) is 10.8 Å². The Balaban J connectivity index is 1.42. The average molecular weight is 731 g/mol. The Hall–Kier alpha value is -5.28. The summed E-state index contributed by atoms with van der Waals surface area (Å²) < 4.78 is 0. The molecule has 2 atom stereocenters. The first-order valence-electron chi connectivity index (χ1n) is 20.6. The van der Waals surface area contributed by atoms with Crippen LogP contribution in [0.15, 0.2) is 151 Å². The fourth-order valence-corrected chi connectivity index (χ4v) is 9.92. The molecule has 0 N–H and O–H groups in total. The van der Waals surface area contributed by atoms with Crippen molar-refractivity contribution in [2.45, 2.75) is 85.9 Å². The summed E-state index contributed by atoms with van der Waals surface area (Å²) in [5.41, 5.74) is 18.3. The lowest BCUT2D eigenvalue weighted by Gasteiger charge is -2.58. The molecule has 0 spiro atoms.